The van der Waals surface area contributed by atoms with E-state index < -0.39 is 0 Å². The number of rotatable bonds is 5. The lowest BCUT2D eigenvalue weighted by Gasteiger charge is -2.32. The fourth-order valence-electron chi connectivity index (χ4n) is 4.20. The Morgan fingerprint density at radius 2 is 1.83 bits per heavy atom. The van der Waals surface area contributed by atoms with Crippen LogP contribution in [0.3, 0.4) is 0 Å². The lowest BCUT2D eigenvalue weighted by atomic mass is 9.89. The quantitative estimate of drug-likeness (QED) is 0.625. The first-order valence-corrected chi connectivity index (χ1v) is 10.3. The van der Waals surface area contributed by atoms with Crippen molar-refractivity contribution >= 4 is 11.6 Å². The van der Waals surface area contributed by atoms with Gasteiger partial charge in [-0.15, -0.1) is 0 Å². The molecule has 1 aliphatic rings. The van der Waals surface area contributed by atoms with E-state index in [1.54, 1.807) is 6.26 Å². The molecule has 0 atom stereocenters. The highest BCUT2D eigenvalue weighted by atomic mass is 16.3. The number of furan rings is 1. The van der Waals surface area contributed by atoms with Gasteiger partial charge in [-0.2, -0.15) is 0 Å². The summed E-state index contributed by atoms with van der Waals surface area (Å²) in [7, 11) is 0. The van der Waals surface area contributed by atoms with Crippen LogP contribution in [0.4, 0.5) is 5.69 Å². The zero-order valence-corrected chi connectivity index (χ0v) is 17.2. The topological polar surface area (TPSA) is 45.5 Å². The van der Waals surface area contributed by atoms with Crippen LogP contribution in [-0.4, -0.2) is 23.9 Å². The highest BCUT2D eigenvalue weighted by Crippen LogP contribution is 2.32. The van der Waals surface area contributed by atoms with Gasteiger partial charge >= 0.3 is 0 Å². The summed E-state index contributed by atoms with van der Waals surface area (Å²) in [6.07, 6.45) is 3.72. The number of nitrogens with zero attached hydrogens (tertiary/aromatic N) is 1. The molecule has 1 fully saturated rings. The van der Waals surface area contributed by atoms with E-state index in [0.717, 1.165) is 49.3 Å². The normalized spacial score (nSPS) is 15.4. The van der Waals surface area contributed by atoms with Gasteiger partial charge in [0.15, 0.2) is 5.76 Å². The molecule has 0 spiro atoms. The average Bonchev–Trinajstić information content (AvgIpc) is 3.21. The molecule has 1 saturated heterocycles. The Morgan fingerprint density at radius 1 is 1.07 bits per heavy atom. The predicted molar refractivity (Wildman–Crippen MR) is 116 cm³/mol. The van der Waals surface area contributed by atoms with Crippen molar-refractivity contribution in [3.63, 3.8) is 0 Å². The Bertz CT molecular complexity index is 969. The van der Waals surface area contributed by atoms with Crippen LogP contribution in [0.25, 0.3) is 0 Å². The van der Waals surface area contributed by atoms with Gasteiger partial charge < -0.3 is 9.73 Å². The van der Waals surface area contributed by atoms with Crippen LogP contribution in [0, 0.1) is 13.8 Å². The molecule has 4 heteroatoms. The van der Waals surface area contributed by atoms with Gasteiger partial charge in [0, 0.05) is 17.8 Å². The summed E-state index contributed by atoms with van der Waals surface area (Å²) in [5.74, 6) is 0.649. The summed E-state index contributed by atoms with van der Waals surface area (Å²) in [4.78, 5) is 15.4. The Labute approximate surface area is 172 Å². The van der Waals surface area contributed by atoms with Gasteiger partial charge in [-0.05, 0) is 69.0 Å². The molecule has 150 valence electrons. The number of amides is 1. The van der Waals surface area contributed by atoms with Crippen molar-refractivity contribution in [3.8, 4) is 0 Å². The fourth-order valence-corrected chi connectivity index (χ4v) is 4.20. The molecule has 4 rings (SSSR count). The van der Waals surface area contributed by atoms with E-state index in [-0.39, 0.29) is 5.91 Å². The molecule has 0 aliphatic carbocycles. The number of anilines is 1. The Hall–Kier alpha value is -2.85. The van der Waals surface area contributed by atoms with Gasteiger partial charge in [-0.25, -0.2) is 0 Å². The molecule has 2 aromatic carbocycles. The number of carbonyl (C=O) groups is 1. The van der Waals surface area contributed by atoms with Crippen LogP contribution >= 0.6 is 0 Å². The van der Waals surface area contributed by atoms with Gasteiger partial charge in [0.2, 0.25) is 0 Å². The molecular formula is C25H28N2O2. The lowest BCUT2D eigenvalue weighted by Crippen LogP contribution is -2.32. The molecule has 2 heterocycles. The molecule has 1 N–H and O–H groups in total. The first kappa shape index (κ1) is 19.5. The SMILES string of the molecule is Cc1ccc(NC(=O)c2occc2C2CCN(Cc3ccccc3)CC2)c(C)c1. The molecule has 1 aromatic heterocycles. The maximum atomic E-state index is 12.9. The van der Waals surface area contributed by atoms with Crippen molar-refractivity contribution in [1.29, 1.82) is 0 Å². The minimum atomic E-state index is -0.163. The first-order chi connectivity index (χ1) is 14.1. The van der Waals surface area contributed by atoms with Crippen LogP contribution in [0.1, 0.15) is 51.6 Å². The highest BCUT2D eigenvalue weighted by molar-refractivity contribution is 6.03. The number of piperidine rings is 1. The number of aryl methyl sites for hydroxylation is 2. The Morgan fingerprint density at radius 3 is 2.55 bits per heavy atom. The third kappa shape index (κ3) is 4.60. The van der Waals surface area contributed by atoms with Crippen molar-refractivity contribution in [2.24, 2.45) is 0 Å². The molecule has 3 aromatic rings. The van der Waals surface area contributed by atoms with E-state index in [9.17, 15) is 4.79 Å². The summed E-state index contributed by atoms with van der Waals surface area (Å²) < 4.78 is 5.61. The zero-order valence-electron chi connectivity index (χ0n) is 17.2. The van der Waals surface area contributed by atoms with Gasteiger partial charge in [0.05, 0.1) is 6.26 Å². The van der Waals surface area contributed by atoms with Crippen LogP contribution in [0.2, 0.25) is 0 Å². The summed E-state index contributed by atoms with van der Waals surface area (Å²) in [6.45, 7) is 7.10. The third-order valence-corrected chi connectivity index (χ3v) is 5.81. The minimum absolute atomic E-state index is 0.163. The van der Waals surface area contributed by atoms with E-state index in [4.69, 9.17) is 4.42 Å². The monoisotopic (exact) mass is 388 g/mol. The molecule has 1 aliphatic heterocycles. The van der Waals surface area contributed by atoms with Crippen molar-refractivity contribution in [2.75, 3.05) is 18.4 Å². The third-order valence-electron chi connectivity index (χ3n) is 5.81. The zero-order chi connectivity index (χ0) is 20.2. The number of nitrogens with one attached hydrogen (secondary N) is 1. The standard InChI is InChI=1S/C25H28N2O2/c1-18-8-9-23(19(2)16-18)26-25(28)24-22(12-15-29-24)21-10-13-27(14-11-21)17-20-6-4-3-5-7-20/h3-9,12,15-16,21H,10-11,13-14,17H2,1-2H3,(H,26,28). The number of carbonyl (C=O) groups excluding carboxylic acids is 1. The number of benzene rings is 2. The van der Waals surface area contributed by atoms with Crippen LogP contribution < -0.4 is 5.32 Å². The maximum Gasteiger partial charge on any atom is 0.291 e. The molecular weight excluding hydrogens is 360 g/mol. The number of likely N-dealkylation sites (tertiary alicyclic amines) is 1. The predicted octanol–water partition coefficient (Wildman–Crippen LogP) is 5.53. The van der Waals surface area contributed by atoms with E-state index in [1.807, 2.05) is 32.0 Å². The highest BCUT2D eigenvalue weighted by Gasteiger charge is 2.27. The van der Waals surface area contributed by atoms with Gasteiger partial charge in [-0.3, -0.25) is 9.69 Å². The summed E-state index contributed by atoms with van der Waals surface area (Å²) >= 11 is 0. The molecule has 0 bridgehead atoms. The van der Waals surface area contributed by atoms with Crippen molar-refractivity contribution < 1.29 is 9.21 Å². The summed E-state index contributed by atoms with van der Waals surface area (Å²) in [5, 5.41) is 3.02. The van der Waals surface area contributed by atoms with Gasteiger partial charge in [-0.1, -0.05) is 48.0 Å². The fraction of sp³-hybridized carbons (Fsp3) is 0.320. The van der Waals surface area contributed by atoms with Gasteiger partial charge in [0.1, 0.15) is 0 Å². The number of hydrogen-bond donors (Lipinski definition) is 1. The molecule has 1 amide bonds. The summed E-state index contributed by atoms with van der Waals surface area (Å²) in [6, 6.07) is 18.6. The largest absolute Gasteiger partial charge is 0.459 e. The van der Waals surface area contributed by atoms with Crippen molar-refractivity contribution in [2.45, 2.75) is 39.2 Å². The summed E-state index contributed by atoms with van der Waals surface area (Å²) in [5.41, 5.74) is 5.46. The van der Waals surface area contributed by atoms with Crippen molar-refractivity contribution in [3.05, 3.63) is 88.9 Å². The van der Waals surface area contributed by atoms with E-state index in [1.165, 1.54) is 11.1 Å². The smallest absolute Gasteiger partial charge is 0.291 e. The second-order valence-corrected chi connectivity index (χ2v) is 8.01. The van der Waals surface area contributed by atoms with Crippen LogP contribution in [0.5, 0.6) is 0 Å². The average molecular weight is 389 g/mol. The first-order valence-electron chi connectivity index (χ1n) is 10.3. The van der Waals surface area contributed by atoms with Crippen molar-refractivity contribution in [1.82, 2.24) is 4.90 Å². The van der Waals surface area contributed by atoms with E-state index in [2.05, 4.69) is 46.6 Å². The molecule has 29 heavy (non-hydrogen) atoms. The Balaban J connectivity index is 1.40. The molecule has 0 radical (unpaired) electrons. The van der Waals surface area contributed by atoms with Crippen LogP contribution in [-0.2, 0) is 6.54 Å². The molecule has 0 saturated carbocycles. The lowest BCUT2D eigenvalue weighted by molar-refractivity contribution is 0.0993. The second kappa shape index (κ2) is 8.66. The molecule has 0 unspecified atom stereocenters. The van der Waals surface area contributed by atoms with E-state index in [0.29, 0.717) is 11.7 Å². The second-order valence-electron chi connectivity index (χ2n) is 8.01. The minimum Gasteiger partial charge on any atom is -0.459 e. The van der Waals surface area contributed by atoms with E-state index >= 15 is 0 Å². The number of hydrogen-bond acceptors (Lipinski definition) is 3. The maximum absolute atomic E-state index is 12.9. The Kier molecular flexibility index (Phi) is 5.81. The molecule has 4 nitrogen and oxygen atoms in total. The van der Waals surface area contributed by atoms with Gasteiger partial charge in [0.25, 0.3) is 5.91 Å². The van der Waals surface area contributed by atoms with Crippen LogP contribution in [0.15, 0.2) is 65.3 Å².